The number of pyridine rings is 1. The molecule has 4 nitrogen and oxygen atoms in total. The Morgan fingerprint density at radius 3 is 2.92 bits per heavy atom. The van der Waals surface area contributed by atoms with Crippen LogP contribution in [-0.4, -0.2) is 35.1 Å². The number of nitrogens with one attached hydrogen (secondary N) is 1. The minimum Gasteiger partial charge on any atom is -0.469 e. The molecule has 2 bridgehead atoms. The van der Waals surface area contributed by atoms with Crippen LogP contribution in [0.25, 0.3) is 0 Å². The largest absolute Gasteiger partial charge is 0.469 e. The molecule has 0 amide bonds. The van der Waals surface area contributed by atoms with E-state index in [9.17, 15) is 0 Å². The molecule has 25 heavy (non-hydrogen) atoms. The van der Waals surface area contributed by atoms with Crippen LogP contribution in [0.5, 0.6) is 5.88 Å². The van der Waals surface area contributed by atoms with Gasteiger partial charge in [0.2, 0.25) is 5.88 Å². The van der Waals surface area contributed by atoms with Crippen LogP contribution >= 0.6 is 11.6 Å². The van der Waals surface area contributed by atoms with E-state index in [2.05, 4.69) is 27.3 Å². The molecule has 1 aromatic heterocycles. The summed E-state index contributed by atoms with van der Waals surface area (Å²) in [6.07, 6.45) is 5.38. The molecule has 3 fully saturated rings. The van der Waals surface area contributed by atoms with Gasteiger partial charge in [-0.15, -0.1) is 0 Å². The van der Waals surface area contributed by atoms with Gasteiger partial charge in [-0.05, 0) is 49.7 Å². The topological polar surface area (TPSA) is 37.4 Å². The van der Waals surface area contributed by atoms with E-state index in [4.69, 9.17) is 16.3 Å². The van der Waals surface area contributed by atoms with Crippen molar-refractivity contribution in [1.82, 2.24) is 9.88 Å². The normalized spacial score (nSPS) is 29.5. The van der Waals surface area contributed by atoms with E-state index in [0.717, 1.165) is 41.7 Å². The lowest BCUT2D eigenvalue weighted by Crippen LogP contribution is -2.61. The summed E-state index contributed by atoms with van der Waals surface area (Å²) in [7, 11) is 0. The molecule has 1 spiro atoms. The van der Waals surface area contributed by atoms with Crippen molar-refractivity contribution in [1.29, 1.82) is 0 Å². The third-order valence-electron chi connectivity index (χ3n) is 5.92. The Balaban J connectivity index is 1.32. The number of hydrogen-bond donors (Lipinski definition) is 1. The van der Waals surface area contributed by atoms with Gasteiger partial charge in [0, 0.05) is 36.0 Å². The first-order valence-electron chi connectivity index (χ1n) is 9.09. The predicted octanol–water partition coefficient (Wildman–Crippen LogP) is 3.75. The van der Waals surface area contributed by atoms with Gasteiger partial charge in [0.25, 0.3) is 0 Å². The highest BCUT2D eigenvalue weighted by atomic mass is 35.5. The van der Waals surface area contributed by atoms with Crippen molar-refractivity contribution in [3.05, 3.63) is 52.7 Å². The molecule has 0 radical (unpaired) electrons. The van der Waals surface area contributed by atoms with Crippen molar-refractivity contribution in [3.63, 3.8) is 0 Å². The van der Waals surface area contributed by atoms with Crippen molar-refractivity contribution in [2.75, 3.05) is 25.0 Å². The molecule has 2 aromatic rings. The second-order valence-corrected chi connectivity index (χ2v) is 8.00. The van der Waals surface area contributed by atoms with Crippen LogP contribution in [0.2, 0.25) is 5.02 Å². The Morgan fingerprint density at radius 1 is 1.28 bits per heavy atom. The highest BCUT2D eigenvalue weighted by Crippen LogP contribution is 2.46. The first-order chi connectivity index (χ1) is 12.2. The second kappa shape index (κ2) is 5.89. The molecule has 5 heteroatoms. The van der Waals surface area contributed by atoms with Gasteiger partial charge in [-0.2, -0.15) is 0 Å². The average molecular weight is 356 g/mol. The number of piperidine rings is 3. The van der Waals surface area contributed by atoms with E-state index in [0.29, 0.717) is 5.92 Å². The number of aromatic nitrogens is 1. The maximum absolute atomic E-state index is 6.40. The van der Waals surface area contributed by atoms with Crippen LogP contribution in [0.15, 0.2) is 36.5 Å². The summed E-state index contributed by atoms with van der Waals surface area (Å²) >= 11 is 6.06. The van der Waals surface area contributed by atoms with Gasteiger partial charge in [-0.1, -0.05) is 23.7 Å². The maximum Gasteiger partial charge on any atom is 0.217 e. The third-order valence-corrected chi connectivity index (χ3v) is 6.16. The fraction of sp³-hybridized carbons (Fsp3) is 0.450. The van der Waals surface area contributed by atoms with Crippen molar-refractivity contribution in [2.45, 2.75) is 31.4 Å². The van der Waals surface area contributed by atoms with E-state index in [1.54, 1.807) is 0 Å². The molecule has 6 rings (SSSR count). The van der Waals surface area contributed by atoms with Crippen molar-refractivity contribution < 1.29 is 4.74 Å². The molecule has 1 aromatic carbocycles. The molecule has 4 aliphatic rings. The average Bonchev–Trinajstić information content (AvgIpc) is 2.97. The minimum absolute atomic E-state index is 0.0303. The number of hydrogen-bond acceptors (Lipinski definition) is 4. The van der Waals surface area contributed by atoms with Crippen molar-refractivity contribution >= 4 is 17.3 Å². The number of benzene rings is 1. The van der Waals surface area contributed by atoms with Gasteiger partial charge in [-0.3, -0.25) is 4.90 Å². The van der Waals surface area contributed by atoms with Crippen LogP contribution in [0, 0.1) is 5.92 Å². The van der Waals surface area contributed by atoms with E-state index < -0.39 is 0 Å². The number of fused-ring (bicyclic) bond motifs is 3. The Bertz CT molecular complexity index is 803. The fourth-order valence-electron chi connectivity index (χ4n) is 4.66. The molecule has 130 valence electrons. The van der Waals surface area contributed by atoms with E-state index in [1.807, 2.05) is 24.4 Å². The van der Waals surface area contributed by atoms with Crippen LogP contribution in [0.1, 0.15) is 24.0 Å². The van der Waals surface area contributed by atoms with Gasteiger partial charge in [0.1, 0.15) is 5.60 Å². The summed E-state index contributed by atoms with van der Waals surface area (Å²) in [6.45, 7) is 4.25. The zero-order valence-electron chi connectivity index (χ0n) is 14.2. The summed E-state index contributed by atoms with van der Waals surface area (Å²) in [5, 5.41) is 4.22. The number of nitrogens with zero attached hydrogens (tertiary/aromatic N) is 2. The van der Waals surface area contributed by atoms with Gasteiger partial charge in [0.05, 0.1) is 11.9 Å². The Hall–Kier alpha value is -1.78. The summed E-state index contributed by atoms with van der Waals surface area (Å²) < 4.78 is 6.40. The Morgan fingerprint density at radius 2 is 2.16 bits per heavy atom. The minimum atomic E-state index is -0.0303. The molecule has 1 atom stereocenters. The first-order valence-corrected chi connectivity index (χ1v) is 9.47. The molecule has 0 aliphatic carbocycles. The number of anilines is 1. The quantitative estimate of drug-likeness (QED) is 0.910. The van der Waals surface area contributed by atoms with Gasteiger partial charge in [0.15, 0.2) is 0 Å². The summed E-state index contributed by atoms with van der Waals surface area (Å²) in [5.74, 6) is 1.51. The number of halogens is 1. The van der Waals surface area contributed by atoms with Crippen molar-refractivity contribution in [2.24, 2.45) is 5.92 Å². The lowest BCUT2D eigenvalue weighted by atomic mass is 9.73. The van der Waals surface area contributed by atoms with Crippen LogP contribution in [-0.2, 0) is 13.0 Å². The SMILES string of the molecule is Clc1cccc(CNc2cnc3c(c2)C[C@@]2(CN4CCC2CC4)O3)c1. The van der Waals surface area contributed by atoms with Gasteiger partial charge in [-0.25, -0.2) is 4.98 Å². The Kier molecular flexibility index (Phi) is 3.64. The molecule has 1 N–H and O–H groups in total. The van der Waals surface area contributed by atoms with E-state index >= 15 is 0 Å². The monoisotopic (exact) mass is 355 g/mol. The molecular formula is C20H22ClN3O. The Labute approximate surface area is 153 Å². The fourth-order valence-corrected chi connectivity index (χ4v) is 4.87. The highest BCUT2D eigenvalue weighted by Gasteiger charge is 2.52. The van der Waals surface area contributed by atoms with Gasteiger partial charge >= 0.3 is 0 Å². The molecule has 0 unspecified atom stereocenters. The molecule has 0 saturated carbocycles. The van der Waals surface area contributed by atoms with E-state index in [-0.39, 0.29) is 5.60 Å². The predicted molar refractivity (Wildman–Crippen MR) is 99.2 cm³/mol. The number of rotatable bonds is 3. The van der Waals surface area contributed by atoms with Gasteiger partial charge < -0.3 is 10.1 Å². The zero-order valence-corrected chi connectivity index (χ0v) is 14.9. The second-order valence-electron chi connectivity index (χ2n) is 7.57. The summed E-state index contributed by atoms with van der Waals surface area (Å²) in [6, 6.07) is 10.1. The standard InChI is InChI=1S/C20H22ClN3O/c21-17-3-1-2-14(8-17)11-22-18-9-15-10-20(25-19(15)23-12-18)13-24-6-4-16(20)5-7-24/h1-3,8-9,12,16,22H,4-7,10-11,13H2/t20-/m0/s1. The molecular weight excluding hydrogens is 334 g/mol. The van der Waals surface area contributed by atoms with E-state index in [1.165, 1.54) is 31.5 Å². The zero-order chi connectivity index (χ0) is 16.9. The summed E-state index contributed by atoms with van der Waals surface area (Å²) in [5.41, 5.74) is 3.42. The highest BCUT2D eigenvalue weighted by molar-refractivity contribution is 6.30. The summed E-state index contributed by atoms with van der Waals surface area (Å²) in [4.78, 5) is 7.14. The number of ether oxygens (including phenoxy) is 1. The maximum atomic E-state index is 6.40. The molecule has 3 saturated heterocycles. The lowest BCUT2D eigenvalue weighted by Gasteiger charge is -2.50. The van der Waals surface area contributed by atoms with Crippen LogP contribution in [0.4, 0.5) is 5.69 Å². The van der Waals surface area contributed by atoms with Crippen LogP contribution in [0.3, 0.4) is 0 Å². The smallest absolute Gasteiger partial charge is 0.217 e. The first kappa shape index (κ1) is 15.5. The van der Waals surface area contributed by atoms with Crippen molar-refractivity contribution in [3.8, 4) is 5.88 Å². The lowest BCUT2D eigenvalue weighted by molar-refractivity contribution is -0.0814. The molecule has 5 heterocycles. The molecule has 4 aliphatic heterocycles. The third kappa shape index (κ3) is 2.77. The van der Waals surface area contributed by atoms with Crippen LogP contribution < -0.4 is 10.1 Å².